The Labute approximate surface area is 121 Å². The van der Waals surface area contributed by atoms with E-state index in [4.69, 9.17) is 4.74 Å². The van der Waals surface area contributed by atoms with E-state index in [0.717, 1.165) is 19.3 Å². The number of hydrogen-bond acceptors (Lipinski definition) is 2. The van der Waals surface area contributed by atoms with Gasteiger partial charge in [0.15, 0.2) is 5.78 Å². The summed E-state index contributed by atoms with van der Waals surface area (Å²) in [6.07, 6.45) is 4.41. The predicted molar refractivity (Wildman–Crippen MR) is 75.9 cm³/mol. The van der Waals surface area contributed by atoms with Crippen LogP contribution < -0.4 is 0 Å². The van der Waals surface area contributed by atoms with Gasteiger partial charge in [-0.05, 0) is 47.8 Å². The van der Waals surface area contributed by atoms with Gasteiger partial charge in [0, 0.05) is 6.61 Å². The lowest BCUT2D eigenvalue weighted by atomic mass is 9.79. The molecule has 0 radical (unpaired) electrons. The van der Waals surface area contributed by atoms with Crippen LogP contribution in [0, 0.1) is 5.82 Å². The number of carbonyl (C=O) groups excluding carboxylic acids is 1. The standard InChI is InChI=1S/C15H18BrFO2/c1-2-19-15(9-4-3-5-10-15)14(18)11-7-6-8-12(16)13(11)17/h6-8H,2-5,9-10H2,1H3. The molecule has 0 aliphatic heterocycles. The van der Waals surface area contributed by atoms with Crippen LogP contribution in [-0.4, -0.2) is 18.0 Å². The number of carbonyl (C=O) groups is 1. The third-order valence-electron chi connectivity index (χ3n) is 3.69. The second-order valence-electron chi connectivity index (χ2n) is 4.92. The van der Waals surface area contributed by atoms with E-state index in [1.807, 2.05) is 6.92 Å². The molecule has 0 spiro atoms. The van der Waals surface area contributed by atoms with Crippen LogP contribution in [0.4, 0.5) is 4.39 Å². The molecule has 1 fully saturated rings. The minimum absolute atomic E-state index is 0.129. The summed E-state index contributed by atoms with van der Waals surface area (Å²) in [5.74, 6) is -0.704. The number of hydrogen-bond donors (Lipinski definition) is 0. The van der Waals surface area contributed by atoms with Crippen LogP contribution in [-0.2, 0) is 4.74 Å². The molecule has 4 heteroatoms. The molecular formula is C15H18BrFO2. The molecule has 1 aliphatic rings. The van der Waals surface area contributed by atoms with Crippen LogP contribution >= 0.6 is 15.9 Å². The molecule has 0 bridgehead atoms. The monoisotopic (exact) mass is 328 g/mol. The maximum Gasteiger partial charge on any atom is 0.197 e. The van der Waals surface area contributed by atoms with Gasteiger partial charge < -0.3 is 4.74 Å². The lowest BCUT2D eigenvalue weighted by molar-refractivity contribution is -0.0413. The molecule has 0 saturated heterocycles. The van der Waals surface area contributed by atoms with Crippen molar-refractivity contribution < 1.29 is 13.9 Å². The zero-order valence-electron chi connectivity index (χ0n) is 11.0. The quantitative estimate of drug-likeness (QED) is 0.760. The van der Waals surface area contributed by atoms with Crippen molar-refractivity contribution in [3.63, 3.8) is 0 Å². The highest BCUT2D eigenvalue weighted by Crippen LogP contribution is 2.35. The summed E-state index contributed by atoms with van der Waals surface area (Å²) >= 11 is 3.13. The highest BCUT2D eigenvalue weighted by Gasteiger charge is 2.41. The van der Waals surface area contributed by atoms with E-state index in [-0.39, 0.29) is 11.3 Å². The topological polar surface area (TPSA) is 26.3 Å². The second kappa shape index (κ2) is 6.14. The van der Waals surface area contributed by atoms with E-state index in [9.17, 15) is 9.18 Å². The smallest absolute Gasteiger partial charge is 0.197 e. The van der Waals surface area contributed by atoms with Gasteiger partial charge in [0.25, 0.3) is 0 Å². The maximum atomic E-state index is 14.1. The Hall–Kier alpha value is -0.740. The normalized spacial score (nSPS) is 18.3. The number of rotatable bonds is 4. The van der Waals surface area contributed by atoms with Gasteiger partial charge in [0.05, 0.1) is 10.0 Å². The van der Waals surface area contributed by atoms with Crippen LogP contribution in [0.5, 0.6) is 0 Å². The molecule has 0 aromatic heterocycles. The Bertz CT molecular complexity index is 462. The van der Waals surface area contributed by atoms with E-state index in [1.165, 1.54) is 6.07 Å². The van der Waals surface area contributed by atoms with E-state index in [2.05, 4.69) is 15.9 Å². The first-order chi connectivity index (χ1) is 9.10. The molecule has 1 aromatic carbocycles. The second-order valence-corrected chi connectivity index (χ2v) is 5.77. The number of ketones is 1. The summed E-state index contributed by atoms with van der Waals surface area (Å²) in [7, 11) is 0. The minimum atomic E-state index is -0.825. The van der Waals surface area contributed by atoms with Gasteiger partial charge in [-0.3, -0.25) is 4.79 Å². The maximum absolute atomic E-state index is 14.1. The fourth-order valence-corrected chi connectivity index (χ4v) is 3.13. The summed E-state index contributed by atoms with van der Waals surface area (Å²) in [6, 6.07) is 4.82. The van der Waals surface area contributed by atoms with Gasteiger partial charge in [-0.2, -0.15) is 0 Å². The third kappa shape index (κ3) is 2.90. The lowest BCUT2D eigenvalue weighted by Gasteiger charge is -2.35. The Morgan fingerprint density at radius 2 is 2.05 bits per heavy atom. The first-order valence-electron chi connectivity index (χ1n) is 6.73. The summed E-state index contributed by atoms with van der Waals surface area (Å²) < 4.78 is 20.2. The molecule has 0 N–H and O–H groups in total. The van der Waals surface area contributed by atoms with Crippen molar-refractivity contribution >= 4 is 21.7 Å². The van der Waals surface area contributed by atoms with E-state index >= 15 is 0 Å². The van der Waals surface area contributed by atoms with Crippen LogP contribution in [0.3, 0.4) is 0 Å². The van der Waals surface area contributed by atoms with E-state index in [0.29, 0.717) is 23.9 Å². The number of benzene rings is 1. The van der Waals surface area contributed by atoms with Crippen LogP contribution in [0.15, 0.2) is 22.7 Å². The summed E-state index contributed by atoms with van der Waals surface area (Å²) in [5.41, 5.74) is -0.695. The molecule has 1 saturated carbocycles. The van der Waals surface area contributed by atoms with Gasteiger partial charge in [-0.25, -0.2) is 4.39 Å². The lowest BCUT2D eigenvalue weighted by Crippen LogP contribution is -2.44. The molecule has 0 atom stereocenters. The molecule has 2 rings (SSSR count). The average molecular weight is 329 g/mol. The Kier molecular flexibility index (Phi) is 4.74. The van der Waals surface area contributed by atoms with Crippen molar-refractivity contribution in [1.82, 2.24) is 0 Å². The average Bonchev–Trinajstić information content (AvgIpc) is 2.42. The highest BCUT2D eigenvalue weighted by atomic mass is 79.9. The molecule has 19 heavy (non-hydrogen) atoms. The SMILES string of the molecule is CCOC1(C(=O)c2cccc(Br)c2F)CCCCC1. The highest BCUT2D eigenvalue weighted by molar-refractivity contribution is 9.10. The Balaban J connectivity index is 2.36. The van der Waals surface area contributed by atoms with Gasteiger partial charge in [0.2, 0.25) is 0 Å². The van der Waals surface area contributed by atoms with E-state index in [1.54, 1.807) is 12.1 Å². The van der Waals surface area contributed by atoms with Crippen molar-refractivity contribution in [2.75, 3.05) is 6.61 Å². The predicted octanol–water partition coefficient (Wildman–Crippen LogP) is 4.51. The van der Waals surface area contributed by atoms with Gasteiger partial charge in [-0.1, -0.05) is 25.3 Å². The van der Waals surface area contributed by atoms with Gasteiger partial charge in [0.1, 0.15) is 11.4 Å². The van der Waals surface area contributed by atoms with E-state index < -0.39 is 11.4 Å². The van der Waals surface area contributed by atoms with Crippen LogP contribution in [0.1, 0.15) is 49.4 Å². The summed E-state index contributed by atoms with van der Waals surface area (Å²) in [4.78, 5) is 12.7. The molecular weight excluding hydrogens is 311 g/mol. The molecule has 0 heterocycles. The first kappa shape index (κ1) is 14.7. The third-order valence-corrected chi connectivity index (χ3v) is 4.30. The Morgan fingerprint density at radius 1 is 1.37 bits per heavy atom. The first-order valence-corrected chi connectivity index (χ1v) is 7.53. The zero-order valence-corrected chi connectivity index (χ0v) is 12.6. The van der Waals surface area contributed by atoms with Gasteiger partial charge >= 0.3 is 0 Å². The minimum Gasteiger partial charge on any atom is -0.367 e. The summed E-state index contributed by atoms with van der Waals surface area (Å²) in [5, 5.41) is 0. The number of ether oxygens (including phenoxy) is 1. The molecule has 1 aromatic rings. The zero-order chi connectivity index (χ0) is 13.9. The van der Waals surface area contributed by atoms with Crippen LogP contribution in [0.25, 0.3) is 0 Å². The van der Waals surface area contributed by atoms with Crippen molar-refractivity contribution in [1.29, 1.82) is 0 Å². The fraction of sp³-hybridized carbons (Fsp3) is 0.533. The van der Waals surface area contributed by atoms with Crippen molar-refractivity contribution in [3.05, 3.63) is 34.1 Å². The van der Waals surface area contributed by atoms with Gasteiger partial charge in [-0.15, -0.1) is 0 Å². The van der Waals surface area contributed by atoms with Crippen LogP contribution in [0.2, 0.25) is 0 Å². The molecule has 0 amide bonds. The fourth-order valence-electron chi connectivity index (χ4n) is 2.76. The largest absolute Gasteiger partial charge is 0.367 e. The molecule has 2 nitrogen and oxygen atoms in total. The molecule has 1 aliphatic carbocycles. The Morgan fingerprint density at radius 3 is 2.68 bits per heavy atom. The van der Waals surface area contributed by atoms with Crippen molar-refractivity contribution in [3.8, 4) is 0 Å². The molecule has 0 unspecified atom stereocenters. The van der Waals surface area contributed by atoms with Crippen molar-refractivity contribution in [2.24, 2.45) is 0 Å². The number of Topliss-reactive ketones (excluding diaryl/α,β-unsaturated/α-hetero) is 1. The summed E-state index contributed by atoms with van der Waals surface area (Å²) in [6.45, 7) is 2.35. The molecule has 104 valence electrons. The number of halogens is 2. The van der Waals surface area contributed by atoms with Crippen molar-refractivity contribution in [2.45, 2.75) is 44.6 Å².